The van der Waals surface area contributed by atoms with Gasteiger partial charge in [0.05, 0.1) is 0 Å². The van der Waals surface area contributed by atoms with Gasteiger partial charge in [-0.15, -0.1) is 0 Å². The van der Waals surface area contributed by atoms with Crippen molar-refractivity contribution >= 4 is 26.6 Å². The van der Waals surface area contributed by atoms with Crippen molar-refractivity contribution in [3.8, 4) is 0 Å². The van der Waals surface area contributed by atoms with Crippen molar-refractivity contribution in [1.29, 1.82) is 0 Å². The van der Waals surface area contributed by atoms with E-state index < -0.39 is 17.1 Å². The Hall–Kier alpha value is 0.411. The molecule has 6 nitrogen and oxygen atoms in total. The van der Waals surface area contributed by atoms with Crippen LogP contribution in [0, 0.1) is 0 Å². The molecule has 1 N–H and O–H groups in total. The molecule has 0 spiro atoms. The van der Waals surface area contributed by atoms with Crippen LogP contribution in [-0.4, -0.2) is 91.3 Å². The Morgan fingerprint density at radius 2 is 1.48 bits per heavy atom. The number of nitrogens with zero attached hydrogens (tertiary/aromatic N) is 1. The van der Waals surface area contributed by atoms with Crippen molar-refractivity contribution in [2.24, 2.45) is 0 Å². The summed E-state index contributed by atoms with van der Waals surface area (Å²) in [5.41, 5.74) is 0. The fourth-order valence-electron chi connectivity index (χ4n) is 4.19. The Morgan fingerprint density at radius 3 is 2.00 bits per heavy atom. The maximum atomic E-state index is 6.30. The number of hydrogen-bond acceptors (Lipinski definition) is 6. The lowest BCUT2D eigenvalue weighted by atomic mass is 10.2. The van der Waals surface area contributed by atoms with E-state index in [0.29, 0.717) is 5.16 Å². The summed E-state index contributed by atoms with van der Waals surface area (Å²) in [5, 5.41) is 4.37. The maximum absolute atomic E-state index is 6.30. The molecule has 0 amide bonds. The van der Waals surface area contributed by atoms with Gasteiger partial charge >= 0.3 is 17.1 Å². The van der Waals surface area contributed by atoms with Crippen molar-refractivity contribution in [3.63, 3.8) is 0 Å². The van der Waals surface area contributed by atoms with Crippen molar-refractivity contribution in [1.82, 2.24) is 10.2 Å². The second kappa shape index (κ2) is 18.8. The average molecular weight is 495 g/mol. The second-order valence-electron chi connectivity index (χ2n) is 8.64. The zero-order chi connectivity index (χ0) is 23.6. The smallest absolute Gasteiger partial charge is 0.334 e. The first-order valence-electron chi connectivity index (χ1n) is 12.7. The summed E-state index contributed by atoms with van der Waals surface area (Å²) in [6.07, 6.45) is 7.46. The van der Waals surface area contributed by atoms with Crippen molar-refractivity contribution in [2.45, 2.75) is 84.1 Å². The van der Waals surface area contributed by atoms with Crippen LogP contribution in [0.3, 0.4) is 0 Å². The molecule has 0 saturated heterocycles. The molecule has 0 aromatic carbocycles. The molecular weight excluding hydrogens is 441 g/mol. The normalized spacial score (nSPS) is 14.2. The second-order valence-corrected chi connectivity index (χ2v) is 18.5. The molecule has 0 aromatic rings. The van der Waals surface area contributed by atoms with Crippen LogP contribution in [0.4, 0.5) is 0 Å². The first-order chi connectivity index (χ1) is 14.8. The van der Waals surface area contributed by atoms with E-state index in [-0.39, 0.29) is 9.52 Å². The lowest BCUT2D eigenvalue weighted by molar-refractivity contribution is 0.184. The summed E-state index contributed by atoms with van der Waals surface area (Å²) in [5.74, 6) is 0. The molecular formula is C22H54N2O4Si3. The fourth-order valence-corrected chi connectivity index (χ4v) is 12.6. The summed E-state index contributed by atoms with van der Waals surface area (Å²) in [6, 6.07) is 1.04. The van der Waals surface area contributed by atoms with E-state index in [0.717, 1.165) is 51.5 Å². The molecule has 0 aliphatic heterocycles. The lowest BCUT2D eigenvalue weighted by Crippen LogP contribution is -2.48. The van der Waals surface area contributed by atoms with Gasteiger partial charge in [0.25, 0.3) is 0 Å². The number of hydrogen-bond donors (Lipinski definition) is 1. The van der Waals surface area contributed by atoms with Gasteiger partial charge in [0.15, 0.2) is 0 Å². The fraction of sp³-hybridized carbons (Fsp3) is 1.00. The third kappa shape index (κ3) is 13.6. The first kappa shape index (κ1) is 31.4. The van der Waals surface area contributed by atoms with E-state index in [1.165, 1.54) is 32.2 Å². The van der Waals surface area contributed by atoms with Crippen LogP contribution in [0.15, 0.2) is 0 Å². The third-order valence-electron chi connectivity index (χ3n) is 6.54. The monoisotopic (exact) mass is 494 g/mol. The maximum Gasteiger partial charge on any atom is 0.334 e. The van der Waals surface area contributed by atoms with Crippen LogP contribution >= 0.6 is 0 Å². The van der Waals surface area contributed by atoms with E-state index in [2.05, 4.69) is 51.0 Å². The number of rotatable bonds is 22. The minimum Gasteiger partial charge on any atom is -0.398 e. The van der Waals surface area contributed by atoms with Gasteiger partial charge in [-0.05, 0) is 83.3 Å². The molecule has 0 fully saturated rings. The molecule has 0 aliphatic carbocycles. The van der Waals surface area contributed by atoms with Gasteiger partial charge in [-0.1, -0.05) is 33.1 Å². The molecule has 0 saturated carbocycles. The third-order valence-corrected chi connectivity index (χ3v) is 17.9. The predicted molar refractivity (Wildman–Crippen MR) is 141 cm³/mol. The van der Waals surface area contributed by atoms with Crippen molar-refractivity contribution in [3.05, 3.63) is 0 Å². The predicted octanol–water partition coefficient (Wildman–Crippen LogP) is 3.83. The highest BCUT2D eigenvalue weighted by Gasteiger charge is 2.40. The molecule has 1 unspecified atom stereocenters. The Labute approximate surface area is 198 Å². The molecule has 0 heterocycles. The van der Waals surface area contributed by atoms with Crippen LogP contribution in [-0.2, 0) is 17.7 Å². The standard InChI is InChI=1S/C22H54N2O4Si3/c1-9-24(10-2)19-15-13-14-17-22(31(8,27-11-3)28-12-4)29-21-23-18-16-20-30(7,25-5)26-6/h22-23H,9-21,29H2,1-8H3. The Balaban J connectivity index is 4.54. The molecule has 188 valence electrons. The Bertz CT molecular complexity index is 408. The van der Waals surface area contributed by atoms with E-state index in [9.17, 15) is 0 Å². The molecule has 1 atom stereocenters. The molecule has 0 rings (SSSR count). The van der Waals surface area contributed by atoms with E-state index in [1.807, 2.05) is 0 Å². The van der Waals surface area contributed by atoms with E-state index in [1.54, 1.807) is 14.2 Å². The highest BCUT2D eigenvalue weighted by atomic mass is 28.4. The van der Waals surface area contributed by atoms with Gasteiger partial charge in [0.2, 0.25) is 0 Å². The van der Waals surface area contributed by atoms with Crippen LogP contribution in [0.2, 0.25) is 24.3 Å². The minimum atomic E-state index is -2.11. The van der Waals surface area contributed by atoms with E-state index in [4.69, 9.17) is 17.7 Å². The largest absolute Gasteiger partial charge is 0.398 e. The summed E-state index contributed by atoms with van der Waals surface area (Å²) in [7, 11) is -0.807. The zero-order valence-corrected chi connectivity index (χ0v) is 25.5. The Morgan fingerprint density at radius 1 is 0.871 bits per heavy atom. The van der Waals surface area contributed by atoms with Crippen LogP contribution in [0.25, 0.3) is 0 Å². The highest BCUT2D eigenvalue weighted by molar-refractivity contribution is 6.77. The van der Waals surface area contributed by atoms with Gasteiger partial charge in [0, 0.05) is 37.0 Å². The zero-order valence-electron chi connectivity index (χ0n) is 22.1. The van der Waals surface area contributed by atoms with Crippen molar-refractivity contribution in [2.75, 3.05) is 59.8 Å². The van der Waals surface area contributed by atoms with Crippen molar-refractivity contribution < 1.29 is 17.7 Å². The Kier molecular flexibility index (Phi) is 19.0. The number of nitrogens with one attached hydrogen (secondary N) is 1. The van der Waals surface area contributed by atoms with Gasteiger partial charge in [-0.25, -0.2) is 0 Å². The molecule has 31 heavy (non-hydrogen) atoms. The summed E-state index contributed by atoms with van der Waals surface area (Å²) < 4.78 is 23.8. The number of unbranched alkanes of at least 4 members (excludes halogenated alkanes) is 2. The summed E-state index contributed by atoms with van der Waals surface area (Å²) >= 11 is 0. The van der Waals surface area contributed by atoms with Gasteiger partial charge in [-0.2, -0.15) is 0 Å². The quantitative estimate of drug-likeness (QED) is 0.182. The van der Waals surface area contributed by atoms with Crippen LogP contribution in [0.5, 0.6) is 0 Å². The van der Waals surface area contributed by atoms with Gasteiger partial charge < -0.3 is 27.9 Å². The average Bonchev–Trinajstić information content (AvgIpc) is 2.77. The van der Waals surface area contributed by atoms with Gasteiger partial charge in [0.1, 0.15) is 0 Å². The van der Waals surface area contributed by atoms with Crippen LogP contribution in [0.1, 0.15) is 59.8 Å². The van der Waals surface area contributed by atoms with Gasteiger partial charge in [-0.3, -0.25) is 0 Å². The summed E-state index contributed by atoms with van der Waals surface area (Å²) in [4.78, 5) is 2.52. The molecule has 0 aromatic heterocycles. The first-order valence-corrected chi connectivity index (χ1v) is 19.4. The molecule has 9 heteroatoms. The topological polar surface area (TPSA) is 52.2 Å². The lowest BCUT2D eigenvalue weighted by Gasteiger charge is -2.34. The molecule has 0 bridgehead atoms. The molecule has 0 radical (unpaired) electrons. The minimum absolute atomic E-state index is 0.312. The van der Waals surface area contributed by atoms with E-state index >= 15 is 0 Å². The SMILES string of the molecule is CCO[Si](C)(OCC)C(CCCCCN(CC)CC)[SiH2]CNCCC[Si](C)(OC)OC. The van der Waals surface area contributed by atoms with Crippen LogP contribution < -0.4 is 5.32 Å². The summed E-state index contributed by atoms with van der Waals surface area (Å²) in [6.45, 7) is 19.3. The highest BCUT2D eigenvalue weighted by Crippen LogP contribution is 2.29. The molecule has 0 aliphatic rings.